The fourth-order valence-corrected chi connectivity index (χ4v) is 4.92. The van der Waals surface area contributed by atoms with Crippen molar-refractivity contribution in [2.45, 2.75) is 17.7 Å². The van der Waals surface area contributed by atoms with Crippen molar-refractivity contribution in [1.29, 1.82) is 0 Å². The number of carbonyl (C=O) groups is 1. The van der Waals surface area contributed by atoms with E-state index in [0.717, 1.165) is 12.8 Å². The average molecular weight is 363 g/mol. The molecule has 7 nitrogen and oxygen atoms in total. The van der Waals surface area contributed by atoms with E-state index >= 15 is 0 Å². The van der Waals surface area contributed by atoms with Gasteiger partial charge in [0.05, 0.1) is 13.2 Å². The van der Waals surface area contributed by atoms with E-state index in [1.54, 1.807) is 18.2 Å². The number of rotatable bonds is 1. The first kappa shape index (κ1) is 16.5. The van der Waals surface area contributed by atoms with Gasteiger partial charge in [0, 0.05) is 37.7 Å². The quantitative estimate of drug-likeness (QED) is 0.734. The maximum Gasteiger partial charge on any atom is 0.285 e. The van der Waals surface area contributed by atoms with Crippen molar-refractivity contribution in [3.8, 4) is 0 Å². The number of benzene rings is 1. The lowest BCUT2D eigenvalue weighted by molar-refractivity contribution is -0.140. The molecule has 134 valence electrons. The molecule has 3 aliphatic rings. The zero-order valence-corrected chi connectivity index (χ0v) is 14.7. The van der Waals surface area contributed by atoms with Crippen LogP contribution in [-0.4, -0.2) is 69.4 Å². The van der Waals surface area contributed by atoms with Crippen molar-refractivity contribution in [2.24, 2.45) is 10.3 Å². The van der Waals surface area contributed by atoms with E-state index < -0.39 is 10.0 Å². The lowest BCUT2D eigenvalue weighted by Crippen LogP contribution is -2.47. The monoisotopic (exact) mass is 363 g/mol. The molecule has 8 heteroatoms. The summed E-state index contributed by atoms with van der Waals surface area (Å²) in [6.07, 6.45) is 1.44. The molecule has 3 aliphatic heterocycles. The maximum absolute atomic E-state index is 12.6. The summed E-state index contributed by atoms with van der Waals surface area (Å²) < 4.78 is 33.7. The van der Waals surface area contributed by atoms with E-state index in [1.165, 1.54) is 0 Å². The lowest BCUT2D eigenvalue weighted by atomic mass is 9.94. The minimum atomic E-state index is -3.59. The van der Waals surface area contributed by atoms with Gasteiger partial charge in [-0.1, -0.05) is 12.1 Å². The number of amidine groups is 1. The number of sulfonamides is 1. The predicted molar refractivity (Wildman–Crippen MR) is 91.9 cm³/mol. The molecule has 4 rings (SSSR count). The van der Waals surface area contributed by atoms with Crippen LogP contribution >= 0.6 is 0 Å². The van der Waals surface area contributed by atoms with Gasteiger partial charge in [0.1, 0.15) is 4.90 Å². The Balaban J connectivity index is 1.45. The van der Waals surface area contributed by atoms with Gasteiger partial charge in [-0.15, -0.1) is 4.40 Å². The molecular weight excluding hydrogens is 342 g/mol. The number of amides is 1. The molecule has 25 heavy (non-hydrogen) atoms. The number of likely N-dealkylation sites (tertiary alicyclic amines) is 1. The van der Waals surface area contributed by atoms with Gasteiger partial charge in [-0.3, -0.25) is 4.79 Å². The molecule has 0 saturated carbocycles. The second kappa shape index (κ2) is 6.42. The standard InChI is InChI=1S/C17H21N3O4S/c21-17(20-9-11-24-12-10-20)13-5-7-19(8-6-13)16-14-3-1-2-4-15(14)25(22,23)18-16/h1-4,13H,5-12H2. The Morgan fingerprint density at radius 3 is 2.48 bits per heavy atom. The largest absolute Gasteiger partial charge is 0.378 e. The molecule has 0 aliphatic carbocycles. The third-order valence-corrected chi connectivity index (χ3v) is 6.40. The number of hydrogen-bond acceptors (Lipinski definition) is 5. The number of morpholine rings is 1. The molecule has 0 bridgehead atoms. The fraction of sp³-hybridized carbons (Fsp3) is 0.529. The number of carbonyl (C=O) groups excluding carboxylic acids is 1. The maximum atomic E-state index is 12.6. The summed E-state index contributed by atoms with van der Waals surface area (Å²) >= 11 is 0. The molecule has 3 heterocycles. The summed E-state index contributed by atoms with van der Waals surface area (Å²) in [4.78, 5) is 16.8. The second-order valence-electron chi connectivity index (χ2n) is 6.59. The number of hydrogen-bond donors (Lipinski definition) is 0. The normalized spacial score (nSPS) is 23.3. The SMILES string of the molecule is O=C(C1CCN(C2=NS(=O)(=O)c3ccccc32)CC1)N1CCOCC1. The van der Waals surface area contributed by atoms with Gasteiger partial charge >= 0.3 is 0 Å². The van der Waals surface area contributed by atoms with Gasteiger partial charge in [0.2, 0.25) is 5.91 Å². The first-order valence-corrected chi connectivity index (χ1v) is 10.1. The summed E-state index contributed by atoms with van der Waals surface area (Å²) in [5, 5.41) is 0. The Hall–Kier alpha value is -1.93. The van der Waals surface area contributed by atoms with Gasteiger partial charge < -0.3 is 14.5 Å². The molecule has 1 aromatic rings. The fourth-order valence-electron chi connectivity index (χ4n) is 3.70. The molecule has 2 saturated heterocycles. The summed E-state index contributed by atoms with van der Waals surface area (Å²) in [5.74, 6) is 0.723. The van der Waals surface area contributed by atoms with Crippen LogP contribution in [0.4, 0.5) is 0 Å². The van der Waals surface area contributed by atoms with Crippen molar-refractivity contribution >= 4 is 21.8 Å². The first-order chi connectivity index (χ1) is 12.1. The molecule has 1 amide bonds. The topological polar surface area (TPSA) is 79.3 Å². The predicted octanol–water partition coefficient (Wildman–Crippen LogP) is 0.706. The van der Waals surface area contributed by atoms with Crippen LogP contribution < -0.4 is 0 Å². The highest BCUT2D eigenvalue weighted by Gasteiger charge is 2.35. The summed E-state index contributed by atoms with van der Waals surface area (Å²) in [5.41, 5.74) is 0.667. The Morgan fingerprint density at radius 1 is 1.08 bits per heavy atom. The molecule has 0 atom stereocenters. The minimum absolute atomic E-state index is 0.00297. The van der Waals surface area contributed by atoms with E-state index in [-0.39, 0.29) is 16.7 Å². The van der Waals surface area contributed by atoms with Gasteiger partial charge in [0.15, 0.2) is 5.84 Å². The summed E-state index contributed by atoms with van der Waals surface area (Å²) in [6.45, 7) is 3.83. The Kier molecular flexibility index (Phi) is 4.24. The van der Waals surface area contributed by atoms with Crippen molar-refractivity contribution in [3.63, 3.8) is 0 Å². The number of piperidine rings is 1. The van der Waals surface area contributed by atoms with Gasteiger partial charge in [-0.25, -0.2) is 0 Å². The lowest BCUT2D eigenvalue weighted by Gasteiger charge is -2.36. The molecule has 0 spiro atoms. The summed E-state index contributed by atoms with van der Waals surface area (Å²) in [7, 11) is -3.59. The molecular formula is C17H21N3O4S. The molecule has 0 radical (unpaired) electrons. The van der Waals surface area contributed by atoms with E-state index in [0.29, 0.717) is 50.8 Å². The smallest absolute Gasteiger partial charge is 0.285 e. The van der Waals surface area contributed by atoms with E-state index in [2.05, 4.69) is 4.40 Å². The molecule has 2 fully saturated rings. The number of ether oxygens (including phenoxy) is 1. The van der Waals surface area contributed by atoms with Crippen molar-refractivity contribution in [2.75, 3.05) is 39.4 Å². The highest BCUT2D eigenvalue weighted by molar-refractivity contribution is 7.90. The van der Waals surface area contributed by atoms with Crippen LogP contribution in [0.2, 0.25) is 0 Å². The van der Waals surface area contributed by atoms with Crippen LogP contribution in [0, 0.1) is 5.92 Å². The van der Waals surface area contributed by atoms with Gasteiger partial charge in [-0.2, -0.15) is 8.42 Å². The van der Waals surface area contributed by atoms with E-state index in [1.807, 2.05) is 15.9 Å². The van der Waals surface area contributed by atoms with E-state index in [4.69, 9.17) is 4.74 Å². The van der Waals surface area contributed by atoms with Crippen LogP contribution in [0.25, 0.3) is 0 Å². The number of fused-ring (bicyclic) bond motifs is 1. The highest BCUT2D eigenvalue weighted by Crippen LogP contribution is 2.30. The van der Waals surface area contributed by atoms with Crippen LogP contribution in [-0.2, 0) is 19.6 Å². The van der Waals surface area contributed by atoms with Crippen LogP contribution in [0.15, 0.2) is 33.6 Å². The van der Waals surface area contributed by atoms with Gasteiger partial charge in [-0.05, 0) is 25.0 Å². The second-order valence-corrected chi connectivity index (χ2v) is 8.16. The Labute approximate surface area is 147 Å². The molecule has 0 aromatic heterocycles. The first-order valence-electron chi connectivity index (χ1n) is 8.62. The van der Waals surface area contributed by atoms with Crippen molar-refractivity contribution in [1.82, 2.24) is 9.80 Å². The zero-order chi connectivity index (χ0) is 17.4. The third kappa shape index (κ3) is 3.04. The molecule has 1 aromatic carbocycles. The summed E-state index contributed by atoms with van der Waals surface area (Å²) in [6, 6.07) is 6.92. The van der Waals surface area contributed by atoms with Crippen molar-refractivity contribution in [3.05, 3.63) is 29.8 Å². The minimum Gasteiger partial charge on any atom is -0.378 e. The molecule has 0 unspecified atom stereocenters. The molecule has 0 N–H and O–H groups in total. The van der Waals surface area contributed by atoms with Gasteiger partial charge in [0.25, 0.3) is 10.0 Å². The highest BCUT2D eigenvalue weighted by atomic mass is 32.2. The average Bonchev–Trinajstić information content (AvgIpc) is 2.94. The Bertz CT molecular complexity index is 807. The zero-order valence-electron chi connectivity index (χ0n) is 13.9. The third-order valence-electron chi connectivity index (χ3n) is 5.08. The number of nitrogens with zero attached hydrogens (tertiary/aromatic N) is 3. The Morgan fingerprint density at radius 2 is 1.76 bits per heavy atom. The van der Waals surface area contributed by atoms with Crippen LogP contribution in [0.3, 0.4) is 0 Å². The van der Waals surface area contributed by atoms with E-state index in [9.17, 15) is 13.2 Å². The van der Waals surface area contributed by atoms with Crippen molar-refractivity contribution < 1.29 is 17.9 Å². The van der Waals surface area contributed by atoms with Crippen LogP contribution in [0.1, 0.15) is 18.4 Å². The van der Waals surface area contributed by atoms with Crippen LogP contribution in [0.5, 0.6) is 0 Å².